The number of benzene rings is 1. The first kappa shape index (κ1) is 15.1. The normalized spacial score (nSPS) is 19.6. The van der Waals surface area contributed by atoms with E-state index in [1.165, 1.54) is 23.1 Å². The maximum atomic E-state index is 2.47. The van der Waals surface area contributed by atoms with Gasteiger partial charge in [0.15, 0.2) is 0 Å². The van der Waals surface area contributed by atoms with E-state index in [1.54, 1.807) is 16.7 Å². The van der Waals surface area contributed by atoms with Crippen LogP contribution in [0.3, 0.4) is 0 Å². The van der Waals surface area contributed by atoms with Crippen LogP contribution in [-0.2, 0) is 6.42 Å². The van der Waals surface area contributed by atoms with Gasteiger partial charge in [0, 0.05) is 0 Å². The van der Waals surface area contributed by atoms with Gasteiger partial charge < -0.3 is 0 Å². The van der Waals surface area contributed by atoms with Crippen molar-refractivity contribution in [1.29, 1.82) is 0 Å². The summed E-state index contributed by atoms with van der Waals surface area (Å²) in [7, 11) is 0. The van der Waals surface area contributed by atoms with Gasteiger partial charge in [-0.1, -0.05) is 57.5 Å². The van der Waals surface area contributed by atoms with E-state index >= 15 is 0 Å². The average Bonchev–Trinajstić information content (AvgIpc) is 2.38. The molecule has 1 aromatic carbocycles. The van der Waals surface area contributed by atoms with E-state index in [0.717, 1.165) is 6.42 Å². The molecule has 1 aliphatic carbocycles. The van der Waals surface area contributed by atoms with Crippen molar-refractivity contribution in [2.45, 2.75) is 54.4 Å². The van der Waals surface area contributed by atoms with Crippen molar-refractivity contribution in [1.82, 2.24) is 0 Å². The van der Waals surface area contributed by atoms with Gasteiger partial charge in [0.05, 0.1) is 0 Å². The summed E-state index contributed by atoms with van der Waals surface area (Å²) in [6.45, 7) is 13.8. The van der Waals surface area contributed by atoms with Crippen LogP contribution in [0.1, 0.15) is 57.7 Å². The highest BCUT2D eigenvalue weighted by molar-refractivity contribution is 5.74. The quantitative estimate of drug-likeness (QED) is 0.635. The molecule has 108 valence electrons. The summed E-state index contributed by atoms with van der Waals surface area (Å²) in [5.74, 6) is 1.25. The average molecular weight is 268 g/mol. The molecule has 20 heavy (non-hydrogen) atoms. The van der Waals surface area contributed by atoms with Crippen molar-refractivity contribution in [2.75, 3.05) is 0 Å². The summed E-state index contributed by atoms with van der Waals surface area (Å²) in [5.41, 5.74) is 9.08. The van der Waals surface area contributed by atoms with Crippen LogP contribution in [0.15, 0.2) is 35.4 Å². The lowest BCUT2D eigenvalue weighted by Crippen LogP contribution is -2.11. The Bertz CT molecular complexity index is 555. The first-order valence-electron chi connectivity index (χ1n) is 7.95. The third-order valence-electron chi connectivity index (χ3n) is 4.64. The van der Waals surface area contributed by atoms with Gasteiger partial charge in [0.1, 0.15) is 0 Å². The Balaban J connectivity index is 2.57. The highest BCUT2D eigenvalue weighted by Gasteiger charge is 2.21. The summed E-state index contributed by atoms with van der Waals surface area (Å²) < 4.78 is 0. The second-order valence-corrected chi connectivity index (χ2v) is 6.55. The Morgan fingerprint density at radius 2 is 1.90 bits per heavy atom. The van der Waals surface area contributed by atoms with Gasteiger partial charge in [-0.05, 0) is 66.4 Å². The minimum atomic E-state index is 0.618. The lowest BCUT2D eigenvalue weighted by atomic mass is 9.77. The lowest BCUT2D eigenvalue weighted by Gasteiger charge is -2.28. The molecular formula is C20H28. The molecule has 2 rings (SSSR count). The van der Waals surface area contributed by atoms with Crippen LogP contribution in [0.25, 0.3) is 5.57 Å². The van der Waals surface area contributed by atoms with E-state index in [2.05, 4.69) is 65.8 Å². The molecule has 0 heteroatoms. The van der Waals surface area contributed by atoms with Gasteiger partial charge in [-0.15, -0.1) is 0 Å². The third kappa shape index (κ3) is 2.75. The molecule has 0 radical (unpaired) electrons. The summed E-state index contributed by atoms with van der Waals surface area (Å²) in [5, 5.41) is 0. The number of rotatable bonds is 3. The monoisotopic (exact) mass is 268 g/mol. The van der Waals surface area contributed by atoms with E-state index in [-0.39, 0.29) is 0 Å². The molecule has 0 nitrogen and oxygen atoms in total. The predicted molar refractivity (Wildman–Crippen MR) is 89.9 cm³/mol. The van der Waals surface area contributed by atoms with E-state index in [1.807, 2.05) is 0 Å². The van der Waals surface area contributed by atoms with Crippen LogP contribution in [0.5, 0.6) is 0 Å². The van der Waals surface area contributed by atoms with Gasteiger partial charge in [-0.3, -0.25) is 0 Å². The fraction of sp³-hybridized carbons (Fsp3) is 0.500. The van der Waals surface area contributed by atoms with E-state index in [0.29, 0.717) is 11.8 Å². The summed E-state index contributed by atoms with van der Waals surface area (Å²) in [4.78, 5) is 0. The Morgan fingerprint density at radius 3 is 2.50 bits per heavy atom. The van der Waals surface area contributed by atoms with Crippen LogP contribution in [0.4, 0.5) is 0 Å². The molecule has 1 atom stereocenters. The molecule has 1 aromatic rings. The van der Waals surface area contributed by atoms with Crippen LogP contribution in [0.2, 0.25) is 0 Å². The Kier molecular flexibility index (Phi) is 4.52. The fourth-order valence-corrected chi connectivity index (χ4v) is 3.56. The van der Waals surface area contributed by atoms with Crippen molar-refractivity contribution in [3.8, 4) is 0 Å². The second kappa shape index (κ2) is 5.99. The maximum absolute atomic E-state index is 2.47. The zero-order valence-corrected chi connectivity index (χ0v) is 13.9. The zero-order chi connectivity index (χ0) is 14.9. The van der Waals surface area contributed by atoms with Crippen LogP contribution < -0.4 is 0 Å². The minimum absolute atomic E-state index is 0.618. The van der Waals surface area contributed by atoms with Gasteiger partial charge >= 0.3 is 0 Å². The van der Waals surface area contributed by atoms with Crippen molar-refractivity contribution in [3.05, 3.63) is 52.1 Å². The number of aryl methyl sites for hydroxylation is 1. The first-order valence-corrected chi connectivity index (χ1v) is 7.95. The first-order chi connectivity index (χ1) is 9.45. The van der Waals surface area contributed by atoms with Crippen molar-refractivity contribution < 1.29 is 0 Å². The number of hydrogen-bond acceptors (Lipinski definition) is 0. The molecule has 0 amide bonds. The largest absolute Gasteiger partial charge is 0.0693 e. The second-order valence-electron chi connectivity index (χ2n) is 6.55. The van der Waals surface area contributed by atoms with Crippen molar-refractivity contribution in [3.63, 3.8) is 0 Å². The highest BCUT2D eigenvalue weighted by Crippen LogP contribution is 2.39. The Morgan fingerprint density at radius 1 is 1.20 bits per heavy atom. The molecule has 0 fully saturated rings. The van der Waals surface area contributed by atoms with Gasteiger partial charge in [-0.2, -0.15) is 0 Å². The molecule has 0 saturated carbocycles. The Hall–Kier alpha value is -1.30. The van der Waals surface area contributed by atoms with Crippen molar-refractivity contribution >= 4 is 5.57 Å². The molecule has 0 N–H and O–H groups in total. The molecule has 1 aliphatic rings. The van der Waals surface area contributed by atoms with Crippen molar-refractivity contribution in [2.24, 2.45) is 11.8 Å². The van der Waals surface area contributed by atoms with Crippen LogP contribution in [-0.4, -0.2) is 0 Å². The van der Waals surface area contributed by atoms with E-state index in [4.69, 9.17) is 0 Å². The molecule has 0 saturated heterocycles. The van der Waals surface area contributed by atoms with Crippen LogP contribution in [0, 0.1) is 18.8 Å². The smallest absolute Gasteiger partial charge is 0.0147 e. The highest BCUT2D eigenvalue weighted by atomic mass is 14.3. The zero-order valence-electron chi connectivity index (χ0n) is 13.9. The molecule has 0 aliphatic heterocycles. The van der Waals surface area contributed by atoms with Crippen LogP contribution >= 0.6 is 0 Å². The van der Waals surface area contributed by atoms with Gasteiger partial charge in [-0.25, -0.2) is 0 Å². The maximum Gasteiger partial charge on any atom is -0.0147 e. The number of hydrogen-bond donors (Lipinski definition) is 0. The standard InChI is InChI=1S/C20H28/c1-7-17-14(4)9-8-10-18(17)20-12-19(13(2)3)15(5)11-16(20)6/h8-10,12-13,16H,7,11H2,1-6H3. The number of allylic oxidation sites excluding steroid dienone is 4. The molecule has 0 bridgehead atoms. The van der Waals surface area contributed by atoms with E-state index in [9.17, 15) is 0 Å². The summed E-state index contributed by atoms with van der Waals surface area (Å²) in [6, 6.07) is 6.76. The van der Waals surface area contributed by atoms with E-state index < -0.39 is 0 Å². The molecule has 1 unspecified atom stereocenters. The van der Waals surface area contributed by atoms with Gasteiger partial charge in [0.25, 0.3) is 0 Å². The SMILES string of the molecule is CCc1c(C)cccc1C1=CC(C(C)C)=C(C)CC1C. The third-order valence-corrected chi connectivity index (χ3v) is 4.64. The van der Waals surface area contributed by atoms with Gasteiger partial charge in [0.2, 0.25) is 0 Å². The fourth-order valence-electron chi connectivity index (χ4n) is 3.56. The Labute approximate surface area is 124 Å². The predicted octanol–water partition coefficient (Wildman–Crippen LogP) is 5.95. The molecule has 0 spiro atoms. The summed E-state index contributed by atoms with van der Waals surface area (Å²) in [6.07, 6.45) is 4.80. The molecule has 0 heterocycles. The minimum Gasteiger partial charge on any atom is -0.0693 e. The molecule has 0 aromatic heterocycles. The molecular weight excluding hydrogens is 240 g/mol. The lowest BCUT2D eigenvalue weighted by molar-refractivity contribution is 0.682. The topological polar surface area (TPSA) is 0 Å². The summed E-state index contributed by atoms with van der Waals surface area (Å²) >= 11 is 0.